The molecular formula is C23H19N3O2. The fraction of sp³-hybridized carbons (Fsp3) is 0.0435. The van der Waals surface area contributed by atoms with Crippen molar-refractivity contribution in [2.24, 2.45) is 0 Å². The summed E-state index contributed by atoms with van der Waals surface area (Å²) >= 11 is 0. The molecule has 4 aromatic rings. The lowest BCUT2D eigenvalue weighted by molar-refractivity contribution is 0.262. The molecule has 0 atom stereocenters. The van der Waals surface area contributed by atoms with Crippen LogP contribution < -0.4 is 10.6 Å². The summed E-state index contributed by atoms with van der Waals surface area (Å²) in [5.74, 6) is 0.0307. The first-order valence-electron chi connectivity index (χ1n) is 8.97. The lowest BCUT2D eigenvalue weighted by Gasteiger charge is -2.14. The zero-order chi connectivity index (χ0) is 19.3. The summed E-state index contributed by atoms with van der Waals surface area (Å²) in [5.41, 5.74) is 3.79. The third-order valence-electron chi connectivity index (χ3n) is 4.50. The highest BCUT2D eigenvalue weighted by molar-refractivity contribution is 6.06. The average molecular weight is 369 g/mol. The van der Waals surface area contributed by atoms with Gasteiger partial charge in [0.15, 0.2) is 0 Å². The Hall–Kier alpha value is -3.86. The standard InChI is InChI=1S/C23H19N3O2/c27-21-13-4-9-17(15-16-7-2-1-3-8-16)22(21)26-23(28)25-20-12-5-11-19-18(20)10-6-14-24-19/h1-14,27H,15H2,(H2,25,26,28). The third-order valence-corrected chi connectivity index (χ3v) is 4.50. The molecule has 0 saturated heterocycles. The van der Waals surface area contributed by atoms with E-state index in [1.165, 1.54) is 0 Å². The number of fused-ring (bicyclic) bond motifs is 1. The van der Waals surface area contributed by atoms with Crippen LogP contribution in [-0.4, -0.2) is 16.1 Å². The van der Waals surface area contributed by atoms with Crippen LogP contribution in [0.4, 0.5) is 16.2 Å². The highest BCUT2D eigenvalue weighted by atomic mass is 16.3. The molecule has 0 aliphatic heterocycles. The lowest BCUT2D eigenvalue weighted by Crippen LogP contribution is -2.20. The highest BCUT2D eigenvalue weighted by Crippen LogP contribution is 2.29. The van der Waals surface area contributed by atoms with Gasteiger partial charge in [0, 0.05) is 11.6 Å². The molecule has 5 nitrogen and oxygen atoms in total. The number of hydrogen-bond acceptors (Lipinski definition) is 3. The van der Waals surface area contributed by atoms with Crippen molar-refractivity contribution >= 4 is 28.3 Å². The molecular weight excluding hydrogens is 350 g/mol. The fourth-order valence-electron chi connectivity index (χ4n) is 3.17. The molecule has 0 aliphatic rings. The van der Waals surface area contributed by atoms with Crippen molar-refractivity contribution in [3.63, 3.8) is 0 Å². The van der Waals surface area contributed by atoms with Gasteiger partial charge in [-0.3, -0.25) is 4.98 Å². The van der Waals surface area contributed by atoms with Crippen molar-refractivity contribution in [2.45, 2.75) is 6.42 Å². The van der Waals surface area contributed by atoms with Gasteiger partial charge in [-0.1, -0.05) is 48.5 Å². The Bertz CT molecular complexity index is 1120. The van der Waals surface area contributed by atoms with Gasteiger partial charge in [0.1, 0.15) is 5.75 Å². The number of anilines is 2. The number of carbonyl (C=O) groups is 1. The smallest absolute Gasteiger partial charge is 0.323 e. The van der Waals surface area contributed by atoms with E-state index >= 15 is 0 Å². The number of nitrogens with one attached hydrogen (secondary N) is 2. The number of benzene rings is 3. The van der Waals surface area contributed by atoms with E-state index in [2.05, 4.69) is 15.6 Å². The van der Waals surface area contributed by atoms with Crippen LogP contribution in [0.15, 0.2) is 85.1 Å². The second-order valence-corrected chi connectivity index (χ2v) is 6.43. The molecule has 5 heteroatoms. The zero-order valence-corrected chi connectivity index (χ0v) is 15.1. The minimum absolute atomic E-state index is 0.0307. The molecule has 0 unspecified atom stereocenters. The fourth-order valence-corrected chi connectivity index (χ4v) is 3.17. The molecule has 28 heavy (non-hydrogen) atoms. The van der Waals surface area contributed by atoms with Gasteiger partial charge < -0.3 is 15.7 Å². The van der Waals surface area contributed by atoms with Gasteiger partial charge >= 0.3 is 6.03 Å². The normalized spacial score (nSPS) is 10.6. The molecule has 0 fully saturated rings. The number of urea groups is 1. The van der Waals surface area contributed by atoms with Gasteiger partial charge in [0.05, 0.1) is 16.9 Å². The first kappa shape index (κ1) is 17.5. The van der Waals surface area contributed by atoms with E-state index in [0.717, 1.165) is 22.0 Å². The maximum atomic E-state index is 12.6. The number of aromatic nitrogens is 1. The van der Waals surface area contributed by atoms with Crippen LogP contribution in [0.2, 0.25) is 0 Å². The Kier molecular flexibility index (Phi) is 4.89. The molecule has 4 rings (SSSR count). The van der Waals surface area contributed by atoms with E-state index in [1.54, 1.807) is 18.3 Å². The van der Waals surface area contributed by atoms with E-state index < -0.39 is 6.03 Å². The molecule has 138 valence electrons. The Balaban J connectivity index is 1.57. The van der Waals surface area contributed by atoms with E-state index in [4.69, 9.17) is 0 Å². The molecule has 0 bridgehead atoms. The molecule has 2 amide bonds. The van der Waals surface area contributed by atoms with Crippen LogP contribution in [0, 0.1) is 0 Å². The van der Waals surface area contributed by atoms with Crippen LogP contribution >= 0.6 is 0 Å². The predicted molar refractivity (Wildman–Crippen MR) is 112 cm³/mol. The van der Waals surface area contributed by atoms with E-state index in [0.29, 0.717) is 17.8 Å². The monoisotopic (exact) mass is 369 g/mol. The summed E-state index contributed by atoms with van der Waals surface area (Å²) in [4.78, 5) is 16.9. The summed E-state index contributed by atoms with van der Waals surface area (Å²) in [6, 6.07) is 24.0. The number of pyridine rings is 1. The van der Waals surface area contributed by atoms with Crippen LogP contribution in [0.1, 0.15) is 11.1 Å². The first-order valence-corrected chi connectivity index (χ1v) is 8.97. The van der Waals surface area contributed by atoms with Crippen LogP contribution in [0.5, 0.6) is 5.75 Å². The number of nitrogens with zero attached hydrogens (tertiary/aromatic N) is 1. The molecule has 0 saturated carbocycles. The minimum Gasteiger partial charge on any atom is -0.506 e. The second kappa shape index (κ2) is 7.80. The van der Waals surface area contributed by atoms with E-state index in [9.17, 15) is 9.90 Å². The number of carbonyl (C=O) groups excluding carboxylic acids is 1. The number of aromatic hydroxyl groups is 1. The SMILES string of the molecule is O=C(Nc1c(O)cccc1Cc1ccccc1)Nc1cccc2ncccc12. The number of hydrogen-bond donors (Lipinski definition) is 3. The van der Waals surface area contributed by atoms with Crippen molar-refractivity contribution in [1.29, 1.82) is 0 Å². The minimum atomic E-state index is -0.424. The number of phenols is 1. The summed E-state index contributed by atoms with van der Waals surface area (Å²) in [5, 5.41) is 16.8. The quantitative estimate of drug-likeness (QED) is 0.434. The molecule has 0 aliphatic carbocycles. The van der Waals surface area contributed by atoms with Crippen LogP contribution in [0.25, 0.3) is 10.9 Å². The Morgan fingerprint density at radius 2 is 1.68 bits per heavy atom. The van der Waals surface area contributed by atoms with Gasteiger partial charge in [0.2, 0.25) is 0 Å². The van der Waals surface area contributed by atoms with Gasteiger partial charge in [-0.2, -0.15) is 0 Å². The predicted octanol–water partition coefficient (Wildman–Crippen LogP) is 5.18. The van der Waals surface area contributed by atoms with Gasteiger partial charge in [0.25, 0.3) is 0 Å². The topological polar surface area (TPSA) is 74.2 Å². The largest absolute Gasteiger partial charge is 0.506 e. The third kappa shape index (κ3) is 3.78. The zero-order valence-electron chi connectivity index (χ0n) is 15.1. The maximum Gasteiger partial charge on any atom is 0.323 e. The number of para-hydroxylation sites is 1. The van der Waals surface area contributed by atoms with Gasteiger partial charge in [-0.05, 0) is 47.9 Å². The highest BCUT2D eigenvalue weighted by Gasteiger charge is 2.13. The summed E-state index contributed by atoms with van der Waals surface area (Å²) < 4.78 is 0. The van der Waals surface area contributed by atoms with E-state index in [-0.39, 0.29) is 5.75 Å². The Morgan fingerprint density at radius 3 is 2.54 bits per heavy atom. The maximum absolute atomic E-state index is 12.6. The first-order chi connectivity index (χ1) is 13.7. The molecule has 1 aromatic heterocycles. The average Bonchev–Trinajstić information content (AvgIpc) is 2.72. The number of phenolic OH excluding ortho intramolecular Hbond substituents is 1. The molecule has 0 radical (unpaired) electrons. The summed E-state index contributed by atoms with van der Waals surface area (Å²) in [6.45, 7) is 0. The second-order valence-electron chi connectivity index (χ2n) is 6.43. The van der Waals surface area contributed by atoms with Crippen LogP contribution in [0.3, 0.4) is 0 Å². The molecule has 0 spiro atoms. The molecule has 1 heterocycles. The van der Waals surface area contributed by atoms with Crippen molar-refractivity contribution in [3.05, 3.63) is 96.2 Å². The Morgan fingerprint density at radius 1 is 0.857 bits per heavy atom. The van der Waals surface area contributed by atoms with E-state index in [1.807, 2.05) is 66.7 Å². The molecule has 3 aromatic carbocycles. The molecule has 3 N–H and O–H groups in total. The number of rotatable bonds is 4. The number of amides is 2. The summed E-state index contributed by atoms with van der Waals surface area (Å²) in [6.07, 6.45) is 2.31. The lowest BCUT2D eigenvalue weighted by atomic mass is 10.0. The van der Waals surface area contributed by atoms with Crippen molar-refractivity contribution in [3.8, 4) is 5.75 Å². The summed E-state index contributed by atoms with van der Waals surface area (Å²) in [7, 11) is 0. The Labute approximate surface area is 162 Å². The van der Waals surface area contributed by atoms with Crippen molar-refractivity contribution in [1.82, 2.24) is 4.98 Å². The van der Waals surface area contributed by atoms with Crippen molar-refractivity contribution < 1.29 is 9.90 Å². The van der Waals surface area contributed by atoms with Crippen molar-refractivity contribution in [2.75, 3.05) is 10.6 Å². The van der Waals surface area contributed by atoms with Crippen LogP contribution in [-0.2, 0) is 6.42 Å². The van der Waals surface area contributed by atoms with Gasteiger partial charge in [-0.25, -0.2) is 4.79 Å². The van der Waals surface area contributed by atoms with Gasteiger partial charge in [-0.15, -0.1) is 0 Å².